The van der Waals surface area contributed by atoms with Crippen LogP contribution in [0, 0.1) is 6.92 Å². The lowest BCUT2D eigenvalue weighted by Gasteiger charge is -2.28. The maximum atomic E-state index is 5.84. The van der Waals surface area contributed by atoms with Gasteiger partial charge in [0.1, 0.15) is 11.4 Å². The smallest absolute Gasteiger partial charge is 0.128 e. The molecule has 0 spiro atoms. The van der Waals surface area contributed by atoms with Gasteiger partial charge in [-0.2, -0.15) is 0 Å². The quantitative estimate of drug-likeness (QED) is 0.680. The van der Waals surface area contributed by atoms with Gasteiger partial charge in [0, 0.05) is 10.0 Å². The molecule has 0 unspecified atom stereocenters. The van der Waals surface area contributed by atoms with Gasteiger partial charge in [-0.3, -0.25) is 0 Å². The fraction of sp³-hybridized carbons (Fsp3) is 0.333. The first kappa shape index (κ1) is 9.78. The van der Waals surface area contributed by atoms with Crippen molar-refractivity contribution in [3.05, 3.63) is 33.8 Å². The van der Waals surface area contributed by atoms with Crippen LogP contribution in [-0.4, -0.2) is 5.60 Å². The zero-order valence-electron chi connectivity index (χ0n) is 8.60. The molecule has 0 radical (unpaired) electrons. The Balaban J connectivity index is 2.56. The summed E-state index contributed by atoms with van der Waals surface area (Å²) in [5.74, 6) is 0.954. The minimum absolute atomic E-state index is 0.193. The highest BCUT2D eigenvalue weighted by atomic mass is 79.9. The summed E-state index contributed by atoms with van der Waals surface area (Å²) in [6.07, 6.45) is 4.20. The third-order valence-electron chi connectivity index (χ3n) is 2.36. The molecule has 1 aliphatic rings. The van der Waals surface area contributed by atoms with Gasteiger partial charge in [-0.25, -0.2) is 0 Å². The van der Waals surface area contributed by atoms with E-state index in [1.165, 1.54) is 5.56 Å². The lowest BCUT2D eigenvalue weighted by molar-refractivity contribution is 0.159. The van der Waals surface area contributed by atoms with Crippen LogP contribution in [0.2, 0.25) is 0 Å². The normalized spacial score (nSPS) is 17.4. The molecular weight excluding hydrogens is 240 g/mol. The SMILES string of the molecule is Cc1ccc2c(c1Br)C=CC(C)(C)O2. The number of rotatable bonds is 0. The number of hydrogen-bond donors (Lipinski definition) is 0. The molecule has 0 bridgehead atoms. The van der Waals surface area contributed by atoms with Crippen molar-refractivity contribution in [3.8, 4) is 5.75 Å². The maximum absolute atomic E-state index is 5.84. The summed E-state index contributed by atoms with van der Waals surface area (Å²) in [5.41, 5.74) is 2.18. The molecule has 74 valence electrons. The van der Waals surface area contributed by atoms with Crippen LogP contribution in [0.15, 0.2) is 22.7 Å². The van der Waals surface area contributed by atoms with Gasteiger partial charge in [0.15, 0.2) is 0 Å². The van der Waals surface area contributed by atoms with Crippen molar-refractivity contribution in [2.75, 3.05) is 0 Å². The second-order valence-electron chi connectivity index (χ2n) is 4.15. The van der Waals surface area contributed by atoms with Gasteiger partial charge in [0.25, 0.3) is 0 Å². The van der Waals surface area contributed by atoms with E-state index < -0.39 is 0 Å². The molecule has 0 saturated carbocycles. The number of fused-ring (bicyclic) bond motifs is 1. The van der Waals surface area contributed by atoms with Crippen LogP contribution < -0.4 is 4.74 Å². The third kappa shape index (κ3) is 1.59. The van der Waals surface area contributed by atoms with Gasteiger partial charge in [-0.15, -0.1) is 0 Å². The van der Waals surface area contributed by atoms with Crippen molar-refractivity contribution < 1.29 is 4.74 Å². The molecule has 1 aromatic rings. The molecule has 0 N–H and O–H groups in total. The van der Waals surface area contributed by atoms with Crippen LogP contribution in [-0.2, 0) is 0 Å². The highest BCUT2D eigenvalue weighted by Crippen LogP contribution is 2.36. The molecule has 0 atom stereocenters. The van der Waals surface area contributed by atoms with E-state index in [1.54, 1.807) is 0 Å². The molecule has 0 saturated heterocycles. The van der Waals surface area contributed by atoms with E-state index in [-0.39, 0.29) is 5.60 Å². The number of benzene rings is 1. The van der Waals surface area contributed by atoms with Gasteiger partial charge < -0.3 is 4.74 Å². The number of hydrogen-bond acceptors (Lipinski definition) is 1. The fourth-order valence-electron chi connectivity index (χ4n) is 1.53. The Bertz CT molecular complexity index is 405. The van der Waals surface area contributed by atoms with Crippen LogP contribution in [0.25, 0.3) is 6.08 Å². The second-order valence-corrected chi connectivity index (χ2v) is 4.94. The molecule has 2 heteroatoms. The van der Waals surface area contributed by atoms with E-state index in [2.05, 4.69) is 54.9 Å². The predicted octanol–water partition coefficient (Wildman–Crippen LogP) is 3.94. The standard InChI is InChI=1S/C12H13BrO/c1-8-4-5-10-9(11(8)13)6-7-12(2,3)14-10/h4-7H,1-3H3. The predicted molar refractivity (Wildman–Crippen MR) is 62.6 cm³/mol. The first-order valence-corrected chi connectivity index (χ1v) is 5.46. The summed E-state index contributed by atoms with van der Waals surface area (Å²) in [6.45, 7) is 6.19. The summed E-state index contributed by atoms with van der Waals surface area (Å²) in [7, 11) is 0. The summed E-state index contributed by atoms with van der Waals surface area (Å²) in [4.78, 5) is 0. The highest BCUT2D eigenvalue weighted by Gasteiger charge is 2.22. The molecule has 0 aliphatic carbocycles. The fourth-order valence-corrected chi connectivity index (χ4v) is 1.99. The van der Waals surface area contributed by atoms with Crippen LogP contribution in [0.4, 0.5) is 0 Å². The van der Waals surface area contributed by atoms with Crippen LogP contribution in [0.5, 0.6) is 5.75 Å². The molecule has 2 rings (SSSR count). The summed E-state index contributed by atoms with van der Waals surface area (Å²) in [5, 5.41) is 0. The number of ether oxygens (including phenoxy) is 1. The Morgan fingerprint density at radius 1 is 1.29 bits per heavy atom. The first-order chi connectivity index (χ1) is 6.49. The molecule has 1 nitrogen and oxygen atoms in total. The lowest BCUT2D eigenvalue weighted by atomic mass is 10.0. The molecule has 0 amide bonds. The Morgan fingerprint density at radius 2 is 2.00 bits per heavy atom. The zero-order valence-corrected chi connectivity index (χ0v) is 10.2. The van der Waals surface area contributed by atoms with Crippen molar-refractivity contribution in [2.45, 2.75) is 26.4 Å². The van der Waals surface area contributed by atoms with E-state index in [0.29, 0.717) is 0 Å². The largest absolute Gasteiger partial charge is 0.483 e. The second kappa shape index (κ2) is 3.13. The van der Waals surface area contributed by atoms with Gasteiger partial charge >= 0.3 is 0 Å². The van der Waals surface area contributed by atoms with E-state index in [9.17, 15) is 0 Å². The molecule has 1 aliphatic heterocycles. The van der Waals surface area contributed by atoms with Crippen LogP contribution in [0.3, 0.4) is 0 Å². The average molecular weight is 253 g/mol. The molecule has 1 aromatic carbocycles. The molecule has 0 aromatic heterocycles. The maximum Gasteiger partial charge on any atom is 0.128 e. The summed E-state index contributed by atoms with van der Waals surface area (Å²) < 4.78 is 6.96. The topological polar surface area (TPSA) is 9.23 Å². The van der Waals surface area contributed by atoms with E-state index in [1.807, 2.05) is 6.07 Å². The van der Waals surface area contributed by atoms with E-state index >= 15 is 0 Å². The Hall–Kier alpha value is -0.760. The third-order valence-corrected chi connectivity index (χ3v) is 3.41. The average Bonchev–Trinajstić information content (AvgIpc) is 2.10. The van der Waals surface area contributed by atoms with E-state index in [4.69, 9.17) is 4.74 Å². The van der Waals surface area contributed by atoms with Crippen molar-refractivity contribution in [3.63, 3.8) is 0 Å². The Labute approximate surface area is 92.9 Å². The van der Waals surface area contributed by atoms with Crippen molar-refractivity contribution in [1.82, 2.24) is 0 Å². The van der Waals surface area contributed by atoms with Crippen molar-refractivity contribution >= 4 is 22.0 Å². The Morgan fingerprint density at radius 3 is 2.71 bits per heavy atom. The van der Waals surface area contributed by atoms with Crippen molar-refractivity contribution in [1.29, 1.82) is 0 Å². The summed E-state index contributed by atoms with van der Waals surface area (Å²) >= 11 is 3.57. The minimum Gasteiger partial charge on any atom is -0.483 e. The molecule has 1 heterocycles. The molecule has 14 heavy (non-hydrogen) atoms. The van der Waals surface area contributed by atoms with Crippen LogP contribution in [0.1, 0.15) is 25.0 Å². The zero-order chi connectivity index (χ0) is 10.3. The molecular formula is C12H13BrO. The minimum atomic E-state index is -0.193. The first-order valence-electron chi connectivity index (χ1n) is 4.67. The number of halogens is 1. The highest BCUT2D eigenvalue weighted by molar-refractivity contribution is 9.10. The number of aryl methyl sites for hydroxylation is 1. The van der Waals surface area contributed by atoms with Gasteiger partial charge in [0.05, 0.1) is 0 Å². The lowest BCUT2D eigenvalue weighted by Crippen LogP contribution is -2.27. The summed E-state index contributed by atoms with van der Waals surface area (Å²) in [6, 6.07) is 4.10. The van der Waals surface area contributed by atoms with Gasteiger partial charge in [0.2, 0.25) is 0 Å². The van der Waals surface area contributed by atoms with Gasteiger partial charge in [-0.1, -0.05) is 12.1 Å². The van der Waals surface area contributed by atoms with Gasteiger partial charge in [-0.05, 0) is 54.4 Å². The van der Waals surface area contributed by atoms with Crippen molar-refractivity contribution in [2.24, 2.45) is 0 Å². The van der Waals surface area contributed by atoms with E-state index in [0.717, 1.165) is 15.8 Å². The Kier molecular flexibility index (Phi) is 2.18. The monoisotopic (exact) mass is 252 g/mol. The molecule has 0 fully saturated rings. The van der Waals surface area contributed by atoms with Crippen LogP contribution >= 0.6 is 15.9 Å².